The van der Waals surface area contributed by atoms with Crippen LogP contribution in [0.2, 0.25) is 0 Å². The quantitative estimate of drug-likeness (QED) is 0.881. The largest absolute Gasteiger partial charge is 0.477 e. The van der Waals surface area contributed by atoms with Crippen molar-refractivity contribution in [2.24, 2.45) is 0 Å². The van der Waals surface area contributed by atoms with E-state index in [1.54, 1.807) is 6.92 Å². The monoisotopic (exact) mass is 312 g/mol. The van der Waals surface area contributed by atoms with Crippen LogP contribution in [0.15, 0.2) is 49.0 Å². The first-order chi connectivity index (χ1) is 11.0. The molecule has 0 atom stereocenters. The number of carboxylic acids is 1. The Morgan fingerprint density at radius 3 is 2.52 bits per heavy atom. The molecule has 0 spiro atoms. The fourth-order valence-corrected chi connectivity index (χ4v) is 1.87. The summed E-state index contributed by atoms with van der Waals surface area (Å²) in [5.41, 5.74) is 1.93. The molecule has 0 aliphatic heterocycles. The second-order valence-electron chi connectivity index (χ2n) is 4.86. The van der Waals surface area contributed by atoms with Gasteiger partial charge < -0.3 is 9.84 Å². The molecule has 0 unspecified atom stereocenters. The zero-order valence-corrected chi connectivity index (χ0v) is 12.6. The fraction of sp³-hybridized carbons (Fsp3) is 0.118. The average Bonchev–Trinajstić information content (AvgIpc) is 2.54. The van der Waals surface area contributed by atoms with Crippen LogP contribution in [0.25, 0.3) is 5.57 Å². The van der Waals surface area contributed by atoms with E-state index >= 15 is 0 Å². The Balaban J connectivity index is 2.08. The van der Waals surface area contributed by atoms with Crippen molar-refractivity contribution in [3.8, 4) is 0 Å². The van der Waals surface area contributed by atoms with Crippen molar-refractivity contribution < 1.29 is 19.4 Å². The highest BCUT2D eigenvalue weighted by Crippen LogP contribution is 2.21. The van der Waals surface area contributed by atoms with Gasteiger partial charge in [-0.1, -0.05) is 36.9 Å². The van der Waals surface area contributed by atoms with Crippen LogP contribution >= 0.6 is 0 Å². The predicted molar refractivity (Wildman–Crippen MR) is 86.2 cm³/mol. The first-order valence-corrected chi connectivity index (χ1v) is 6.85. The van der Waals surface area contributed by atoms with Crippen molar-refractivity contribution in [1.82, 2.24) is 4.98 Å². The van der Waals surface area contributed by atoms with Crippen LogP contribution in [0, 0.1) is 0 Å². The highest BCUT2D eigenvalue weighted by molar-refractivity contribution is 5.91. The molecular formula is C17H16N2O4. The maximum atomic E-state index is 11.9. The van der Waals surface area contributed by atoms with E-state index in [1.807, 2.05) is 30.3 Å². The highest BCUT2D eigenvalue weighted by atomic mass is 16.5. The molecule has 1 aromatic heterocycles. The van der Waals surface area contributed by atoms with Crippen LogP contribution in [0.1, 0.15) is 28.7 Å². The molecule has 118 valence electrons. The maximum Gasteiger partial charge on any atom is 0.412 e. The Bertz CT molecular complexity index is 742. The standard InChI is InChI=1S/C17H16N2O4/c1-11(2)15-13(8-9-14(18-15)16(20)21)19-17(22)23-10-12-6-4-3-5-7-12/h3-9H,1,10H2,2H3,(H,19,22)(H,20,21). The lowest BCUT2D eigenvalue weighted by molar-refractivity contribution is 0.0690. The second-order valence-corrected chi connectivity index (χ2v) is 4.86. The van der Waals surface area contributed by atoms with E-state index in [4.69, 9.17) is 9.84 Å². The minimum absolute atomic E-state index is 0.119. The number of carboxylic acid groups (broad SMARTS) is 1. The molecule has 1 amide bonds. The number of ether oxygens (including phenoxy) is 1. The van der Waals surface area contributed by atoms with Gasteiger partial charge in [0.1, 0.15) is 12.3 Å². The van der Waals surface area contributed by atoms with Crippen molar-refractivity contribution in [2.45, 2.75) is 13.5 Å². The molecule has 23 heavy (non-hydrogen) atoms. The molecule has 1 aromatic carbocycles. The van der Waals surface area contributed by atoms with Gasteiger partial charge in [-0.3, -0.25) is 5.32 Å². The molecule has 2 rings (SSSR count). The van der Waals surface area contributed by atoms with E-state index in [0.717, 1.165) is 5.56 Å². The molecule has 2 N–H and O–H groups in total. The molecule has 0 radical (unpaired) electrons. The molecule has 2 aromatic rings. The number of aromatic nitrogens is 1. The van der Waals surface area contributed by atoms with E-state index in [1.165, 1.54) is 12.1 Å². The van der Waals surface area contributed by atoms with Gasteiger partial charge in [0.25, 0.3) is 0 Å². The van der Waals surface area contributed by atoms with Crippen LogP contribution in [0.5, 0.6) is 0 Å². The Kier molecular flexibility index (Phi) is 5.09. The molecule has 0 saturated carbocycles. The van der Waals surface area contributed by atoms with Gasteiger partial charge in [0, 0.05) is 0 Å². The summed E-state index contributed by atoms with van der Waals surface area (Å²) < 4.78 is 5.12. The summed E-state index contributed by atoms with van der Waals surface area (Å²) in [4.78, 5) is 26.8. The van der Waals surface area contributed by atoms with E-state index in [9.17, 15) is 9.59 Å². The highest BCUT2D eigenvalue weighted by Gasteiger charge is 2.13. The number of pyridine rings is 1. The second kappa shape index (κ2) is 7.22. The smallest absolute Gasteiger partial charge is 0.412 e. The molecule has 0 saturated heterocycles. The van der Waals surface area contributed by atoms with Gasteiger partial charge in [-0.05, 0) is 30.2 Å². The first kappa shape index (κ1) is 16.2. The Morgan fingerprint density at radius 2 is 1.91 bits per heavy atom. The number of hydrogen-bond donors (Lipinski definition) is 2. The summed E-state index contributed by atoms with van der Waals surface area (Å²) in [6.45, 7) is 5.55. The van der Waals surface area contributed by atoms with Crippen molar-refractivity contribution in [2.75, 3.05) is 5.32 Å². The van der Waals surface area contributed by atoms with Crippen LogP contribution in [0.4, 0.5) is 10.5 Å². The maximum absolute atomic E-state index is 11.9. The SMILES string of the molecule is C=C(C)c1nc(C(=O)O)ccc1NC(=O)OCc1ccccc1. The minimum Gasteiger partial charge on any atom is -0.477 e. The summed E-state index contributed by atoms with van der Waals surface area (Å²) in [5, 5.41) is 11.5. The number of nitrogens with one attached hydrogen (secondary N) is 1. The van der Waals surface area contributed by atoms with Gasteiger partial charge in [-0.2, -0.15) is 0 Å². The number of anilines is 1. The number of amides is 1. The molecule has 6 nitrogen and oxygen atoms in total. The van der Waals surface area contributed by atoms with Crippen LogP contribution < -0.4 is 5.32 Å². The number of rotatable bonds is 5. The lowest BCUT2D eigenvalue weighted by atomic mass is 10.1. The number of aromatic carboxylic acids is 1. The molecule has 0 aliphatic rings. The average molecular weight is 312 g/mol. The lowest BCUT2D eigenvalue weighted by Gasteiger charge is -2.11. The van der Waals surface area contributed by atoms with Crippen molar-refractivity contribution in [3.63, 3.8) is 0 Å². The summed E-state index contributed by atoms with van der Waals surface area (Å²) in [7, 11) is 0. The van der Waals surface area contributed by atoms with Gasteiger partial charge in [0.2, 0.25) is 0 Å². The zero-order valence-electron chi connectivity index (χ0n) is 12.6. The third-order valence-electron chi connectivity index (χ3n) is 2.97. The van der Waals surface area contributed by atoms with E-state index in [0.29, 0.717) is 17.0 Å². The number of carbonyl (C=O) groups is 2. The summed E-state index contributed by atoms with van der Waals surface area (Å²) >= 11 is 0. The fourth-order valence-electron chi connectivity index (χ4n) is 1.87. The Labute approximate surface area is 133 Å². The molecule has 0 aliphatic carbocycles. The Morgan fingerprint density at radius 1 is 1.22 bits per heavy atom. The number of carbonyl (C=O) groups excluding carboxylic acids is 1. The number of allylic oxidation sites excluding steroid dienone is 1. The van der Waals surface area contributed by atoms with Gasteiger partial charge in [-0.25, -0.2) is 14.6 Å². The normalized spacial score (nSPS) is 9.96. The Hall–Kier alpha value is -3.15. The summed E-state index contributed by atoms with van der Waals surface area (Å²) in [5.74, 6) is -1.15. The van der Waals surface area contributed by atoms with Crippen LogP contribution in [-0.4, -0.2) is 22.2 Å². The summed E-state index contributed by atoms with van der Waals surface area (Å²) in [6.07, 6.45) is -0.652. The zero-order chi connectivity index (χ0) is 16.8. The predicted octanol–water partition coefficient (Wildman–Crippen LogP) is 3.56. The van der Waals surface area contributed by atoms with E-state index < -0.39 is 12.1 Å². The molecule has 1 heterocycles. The molecule has 0 fully saturated rings. The molecular weight excluding hydrogens is 296 g/mol. The van der Waals surface area contributed by atoms with Crippen molar-refractivity contribution in [1.29, 1.82) is 0 Å². The third kappa shape index (κ3) is 4.41. The first-order valence-electron chi connectivity index (χ1n) is 6.85. The molecule has 6 heteroatoms. The van der Waals surface area contributed by atoms with E-state index in [-0.39, 0.29) is 12.3 Å². The number of hydrogen-bond acceptors (Lipinski definition) is 4. The topological polar surface area (TPSA) is 88.5 Å². The summed E-state index contributed by atoms with van der Waals surface area (Å²) in [6, 6.07) is 12.0. The van der Waals surface area contributed by atoms with Crippen molar-refractivity contribution in [3.05, 3.63) is 66.0 Å². The lowest BCUT2D eigenvalue weighted by Crippen LogP contribution is -2.16. The third-order valence-corrected chi connectivity index (χ3v) is 2.97. The van der Waals surface area contributed by atoms with Crippen molar-refractivity contribution >= 4 is 23.3 Å². The van der Waals surface area contributed by atoms with Gasteiger partial charge in [0.05, 0.1) is 11.4 Å². The molecule has 0 bridgehead atoms. The van der Waals surface area contributed by atoms with Gasteiger partial charge in [0.15, 0.2) is 0 Å². The van der Waals surface area contributed by atoms with E-state index in [2.05, 4.69) is 16.9 Å². The minimum atomic E-state index is -1.15. The number of nitrogens with zero attached hydrogens (tertiary/aromatic N) is 1. The number of benzene rings is 1. The van der Waals surface area contributed by atoms with Crippen LogP contribution in [-0.2, 0) is 11.3 Å². The van der Waals surface area contributed by atoms with Gasteiger partial charge in [-0.15, -0.1) is 0 Å². The van der Waals surface area contributed by atoms with Crippen LogP contribution in [0.3, 0.4) is 0 Å². The van der Waals surface area contributed by atoms with Gasteiger partial charge >= 0.3 is 12.1 Å².